The lowest BCUT2D eigenvalue weighted by molar-refractivity contribution is 0.935. The van der Waals surface area contributed by atoms with E-state index in [1.807, 2.05) is 24.5 Å². The number of aromatic nitrogens is 2. The number of hydrogen-bond donors (Lipinski definition) is 0. The Morgan fingerprint density at radius 3 is 3.00 bits per heavy atom. The molecule has 0 spiro atoms. The highest BCUT2D eigenvalue weighted by atomic mass is 15.2. The van der Waals surface area contributed by atoms with Gasteiger partial charge in [0.05, 0.1) is 0 Å². The van der Waals surface area contributed by atoms with E-state index in [-0.39, 0.29) is 0 Å². The van der Waals surface area contributed by atoms with Crippen molar-refractivity contribution in [2.75, 3.05) is 0 Å². The van der Waals surface area contributed by atoms with Crippen molar-refractivity contribution in [3.05, 3.63) is 37.2 Å². The first-order chi connectivity index (χ1) is 4.43. The van der Waals surface area contributed by atoms with E-state index in [2.05, 4.69) is 11.7 Å². The van der Waals surface area contributed by atoms with Crippen molar-refractivity contribution in [3.8, 4) is 0 Å². The fourth-order valence-electron chi connectivity index (χ4n) is 0.518. The quantitative estimate of drug-likeness (QED) is 0.541. The molecular formula is C7H8N2. The average Bonchev–Trinajstić information content (AvgIpc) is 2.34. The van der Waals surface area contributed by atoms with Gasteiger partial charge in [-0.1, -0.05) is 12.7 Å². The largest absolute Gasteiger partial charge is 0.248 e. The summed E-state index contributed by atoms with van der Waals surface area (Å²) in [7, 11) is 0. The van der Waals surface area contributed by atoms with Gasteiger partial charge in [0, 0.05) is 18.6 Å². The molecule has 0 saturated carbocycles. The molecule has 0 aliphatic heterocycles. The van der Waals surface area contributed by atoms with E-state index in [1.54, 1.807) is 17.0 Å². The zero-order valence-electron chi connectivity index (χ0n) is 5.07. The van der Waals surface area contributed by atoms with E-state index < -0.39 is 0 Å². The van der Waals surface area contributed by atoms with E-state index in [9.17, 15) is 0 Å². The van der Waals surface area contributed by atoms with E-state index >= 15 is 0 Å². The van der Waals surface area contributed by atoms with Crippen molar-refractivity contribution in [2.24, 2.45) is 0 Å². The minimum Gasteiger partial charge on any atom is -0.248 e. The third kappa shape index (κ3) is 1.57. The first-order valence-corrected chi connectivity index (χ1v) is 2.72. The van der Waals surface area contributed by atoms with Crippen LogP contribution < -0.4 is 0 Å². The predicted molar refractivity (Wildman–Crippen MR) is 37.8 cm³/mol. The van der Waals surface area contributed by atoms with Crippen LogP contribution in [0.25, 0.3) is 6.20 Å². The van der Waals surface area contributed by atoms with Crippen molar-refractivity contribution in [3.63, 3.8) is 0 Å². The Kier molecular flexibility index (Phi) is 1.85. The number of rotatable bonds is 2. The van der Waals surface area contributed by atoms with E-state index in [4.69, 9.17) is 0 Å². The molecule has 1 aromatic rings. The van der Waals surface area contributed by atoms with Crippen molar-refractivity contribution in [1.29, 1.82) is 0 Å². The number of hydrogen-bond acceptors (Lipinski definition) is 1. The van der Waals surface area contributed by atoms with E-state index in [0.29, 0.717) is 0 Å². The van der Waals surface area contributed by atoms with Gasteiger partial charge in [-0.05, 0) is 12.1 Å². The van der Waals surface area contributed by atoms with Gasteiger partial charge < -0.3 is 0 Å². The summed E-state index contributed by atoms with van der Waals surface area (Å²) in [6, 6.07) is 1.87. The maximum Gasteiger partial charge on any atom is 0.0493 e. The summed E-state index contributed by atoms with van der Waals surface area (Å²) in [4.78, 5) is 0. The zero-order valence-corrected chi connectivity index (χ0v) is 5.07. The van der Waals surface area contributed by atoms with Gasteiger partial charge in [0.2, 0.25) is 0 Å². The third-order valence-corrected chi connectivity index (χ3v) is 0.900. The normalized spacial score (nSPS) is 10.2. The van der Waals surface area contributed by atoms with Crippen molar-refractivity contribution in [1.82, 2.24) is 9.78 Å². The van der Waals surface area contributed by atoms with Crippen molar-refractivity contribution < 1.29 is 0 Å². The van der Waals surface area contributed by atoms with E-state index in [1.165, 1.54) is 0 Å². The summed E-state index contributed by atoms with van der Waals surface area (Å²) in [5.41, 5.74) is 0. The lowest BCUT2D eigenvalue weighted by Crippen LogP contribution is -1.82. The van der Waals surface area contributed by atoms with Gasteiger partial charge in [0.15, 0.2) is 0 Å². The van der Waals surface area contributed by atoms with Gasteiger partial charge >= 0.3 is 0 Å². The zero-order chi connectivity index (χ0) is 6.53. The summed E-state index contributed by atoms with van der Waals surface area (Å²) in [6.07, 6.45) is 8.95. The van der Waals surface area contributed by atoms with Crippen LogP contribution in [0.1, 0.15) is 0 Å². The molecular weight excluding hydrogens is 112 g/mol. The maximum atomic E-state index is 3.94. The minimum absolute atomic E-state index is 1.71. The number of allylic oxidation sites excluding steroid dienone is 2. The van der Waals surface area contributed by atoms with Crippen LogP contribution in [0.5, 0.6) is 0 Å². The molecule has 2 heteroatoms. The summed E-state index contributed by atoms with van der Waals surface area (Å²) in [6.45, 7) is 3.53. The first kappa shape index (κ1) is 5.82. The molecule has 1 aromatic heterocycles. The van der Waals surface area contributed by atoms with Gasteiger partial charge in [-0.25, -0.2) is 4.68 Å². The summed E-state index contributed by atoms with van der Waals surface area (Å²) in [5.74, 6) is 0. The molecule has 0 aliphatic carbocycles. The molecule has 0 saturated heterocycles. The minimum atomic E-state index is 1.71. The number of nitrogens with zero attached hydrogens (tertiary/aromatic N) is 2. The van der Waals surface area contributed by atoms with Crippen molar-refractivity contribution in [2.45, 2.75) is 0 Å². The molecule has 2 nitrogen and oxygen atoms in total. The molecule has 46 valence electrons. The Morgan fingerprint density at radius 2 is 2.44 bits per heavy atom. The molecule has 0 fully saturated rings. The molecule has 0 unspecified atom stereocenters. The van der Waals surface area contributed by atoms with Gasteiger partial charge in [-0.2, -0.15) is 5.10 Å². The Bertz CT molecular complexity index is 197. The topological polar surface area (TPSA) is 17.8 Å². The second kappa shape index (κ2) is 2.87. The second-order valence-electron chi connectivity index (χ2n) is 1.56. The molecule has 0 aliphatic rings. The van der Waals surface area contributed by atoms with Crippen LogP contribution in [-0.2, 0) is 0 Å². The monoisotopic (exact) mass is 120 g/mol. The van der Waals surface area contributed by atoms with Crippen LogP contribution in [0.2, 0.25) is 0 Å². The lowest BCUT2D eigenvalue weighted by Gasteiger charge is -1.84. The van der Waals surface area contributed by atoms with Crippen molar-refractivity contribution >= 4 is 6.20 Å². The van der Waals surface area contributed by atoms with Crippen LogP contribution >= 0.6 is 0 Å². The SMILES string of the molecule is C=CC=Cn1cccn1. The van der Waals surface area contributed by atoms with Gasteiger partial charge in [-0.3, -0.25) is 0 Å². The molecule has 9 heavy (non-hydrogen) atoms. The van der Waals surface area contributed by atoms with Crippen LogP contribution in [0.15, 0.2) is 37.2 Å². The molecule has 0 bridgehead atoms. The molecule has 0 radical (unpaired) electrons. The molecule has 1 rings (SSSR count). The Morgan fingerprint density at radius 1 is 1.56 bits per heavy atom. The second-order valence-corrected chi connectivity index (χ2v) is 1.56. The van der Waals surface area contributed by atoms with Gasteiger partial charge in [0.25, 0.3) is 0 Å². The highest BCUT2D eigenvalue weighted by molar-refractivity contribution is 5.24. The standard InChI is InChI=1S/C7H8N2/c1-2-3-6-9-7-4-5-8-9/h2-7H,1H2. The van der Waals surface area contributed by atoms with Crippen LogP contribution in [-0.4, -0.2) is 9.78 Å². The Hall–Kier alpha value is -1.31. The fraction of sp³-hybridized carbons (Fsp3) is 0. The molecule has 0 aromatic carbocycles. The lowest BCUT2D eigenvalue weighted by atomic mass is 10.6. The Balaban J connectivity index is 2.67. The van der Waals surface area contributed by atoms with E-state index in [0.717, 1.165) is 0 Å². The molecule has 1 heterocycles. The smallest absolute Gasteiger partial charge is 0.0493 e. The van der Waals surface area contributed by atoms with Gasteiger partial charge in [-0.15, -0.1) is 0 Å². The van der Waals surface area contributed by atoms with Crippen LogP contribution in [0, 0.1) is 0 Å². The fourth-order valence-corrected chi connectivity index (χ4v) is 0.518. The van der Waals surface area contributed by atoms with Crippen LogP contribution in [0.3, 0.4) is 0 Å². The van der Waals surface area contributed by atoms with Crippen LogP contribution in [0.4, 0.5) is 0 Å². The molecule has 0 N–H and O–H groups in total. The molecule has 0 atom stereocenters. The average molecular weight is 120 g/mol. The predicted octanol–water partition coefficient (Wildman–Crippen LogP) is 1.54. The first-order valence-electron chi connectivity index (χ1n) is 2.72. The van der Waals surface area contributed by atoms with Gasteiger partial charge in [0.1, 0.15) is 0 Å². The maximum absolute atomic E-state index is 3.94. The Labute approximate surface area is 54.1 Å². The summed E-state index contributed by atoms with van der Waals surface area (Å²) < 4.78 is 1.71. The summed E-state index contributed by atoms with van der Waals surface area (Å²) >= 11 is 0. The third-order valence-electron chi connectivity index (χ3n) is 0.900. The molecule has 0 amide bonds. The highest BCUT2D eigenvalue weighted by Crippen LogP contribution is 1.84. The summed E-state index contributed by atoms with van der Waals surface area (Å²) in [5, 5.41) is 3.94. The highest BCUT2D eigenvalue weighted by Gasteiger charge is 1.75.